The predicted octanol–water partition coefficient (Wildman–Crippen LogP) is 3.87. The normalized spacial score (nSPS) is 11.9. The molecule has 0 aromatic heterocycles. The number of aryl methyl sites for hydroxylation is 2. The maximum Gasteiger partial charge on any atom is 0.0591 e. The molecule has 1 aromatic rings. The van der Waals surface area contributed by atoms with E-state index < -0.39 is 0 Å². The van der Waals surface area contributed by atoms with Crippen LogP contribution < -0.4 is 5.32 Å². The van der Waals surface area contributed by atoms with Gasteiger partial charge in [0.05, 0.1) is 13.2 Å². The number of hydrogen-bond acceptors (Lipinski definition) is 2. The lowest BCUT2D eigenvalue weighted by atomic mass is 9.92. The van der Waals surface area contributed by atoms with Crippen LogP contribution in [-0.4, -0.2) is 25.3 Å². The molecule has 0 unspecified atom stereocenters. The summed E-state index contributed by atoms with van der Waals surface area (Å²) in [4.78, 5) is 0. The van der Waals surface area contributed by atoms with Gasteiger partial charge in [-0.25, -0.2) is 0 Å². The fourth-order valence-electron chi connectivity index (χ4n) is 2.45. The van der Waals surface area contributed by atoms with Crippen molar-refractivity contribution in [3.05, 3.63) is 33.9 Å². The van der Waals surface area contributed by atoms with Crippen molar-refractivity contribution in [3.63, 3.8) is 0 Å². The second-order valence-corrected chi connectivity index (χ2v) is 6.78. The molecule has 0 saturated carbocycles. The van der Waals surface area contributed by atoms with Gasteiger partial charge in [0.2, 0.25) is 0 Å². The smallest absolute Gasteiger partial charge is 0.0591 e. The molecule has 0 atom stereocenters. The highest BCUT2D eigenvalue weighted by Crippen LogP contribution is 2.22. The summed E-state index contributed by atoms with van der Waals surface area (Å²) in [7, 11) is 0. The molecule has 2 nitrogen and oxygen atoms in total. The molecule has 0 bridgehead atoms. The molecular weight excluding hydrogens is 246 g/mol. The highest BCUT2D eigenvalue weighted by atomic mass is 16.5. The number of hydrogen-bond donors (Lipinski definition) is 1. The van der Waals surface area contributed by atoms with Crippen molar-refractivity contribution in [2.24, 2.45) is 0 Å². The quantitative estimate of drug-likeness (QED) is 0.797. The first-order valence-electron chi connectivity index (χ1n) is 7.61. The maximum atomic E-state index is 5.76. The van der Waals surface area contributed by atoms with Crippen LogP contribution in [0.15, 0.2) is 6.07 Å². The van der Waals surface area contributed by atoms with Crippen LogP contribution in [0, 0.1) is 27.7 Å². The zero-order valence-electron chi connectivity index (χ0n) is 14.3. The average Bonchev–Trinajstić information content (AvgIpc) is 2.33. The minimum Gasteiger partial charge on any atom is -0.380 e. The molecule has 1 rings (SSSR count). The summed E-state index contributed by atoms with van der Waals surface area (Å²) in [6.45, 7) is 17.8. The van der Waals surface area contributed by atoms with Gasteiger partial charge in [-0.3, -0.25) is 0 Å². The largest absolute Gasteiger partial charge is 0.380 e. The molecule has 2 heteroatoms. The second kappa shape index (κ2) is 7.24. The standard InChI is InChI=1S/C18H31NO/c1-13-12-14(2)16(4)17(15(13)3)8-10-20-11-9-19-18(5,6)7/h12,19H,8-11H2,1-7H3. The van der Waals surface area contributed by atoms with E-state index in [1.807, 2.05) is 0 Å². The summed E-state index contributed by atoms with van der Waals surface area (Å²) >= 11 is 0. The minimum absolute atomic E-state index is 0.171. The van der Waals surface area contributed by atoms with Crippen LogP contribution in [0.1, 0.15) is 48.6 Å². The molecule has 0 fully saturated rings. The van der Waals surface area contributed by atoms with Crippen LogP contribution in [0.5, 0.6) is 0 Å². The van der Waals surface area contributed by atoms with Crippen LogP contribution in [0.4, 0.5) is 0 Å². The Morgan fingerprint density at radius 3 is 2.00 bits per heavy atom. The molecule has 0 radical (unpaired) electrons. The predicted molar refractivity (Wildman–Crippen MR) is 87.7 cm³/mol. The van der Waals surface area contributed by atoms with Gasteiger partial charge in [-0.1, -0.05) is 6.07 Å². The fraction of sp³-hybridized carbons (Fsp3) is 0.667. The third-order valence-electron chi connectivity index (χ3n) is 3.92. The first-order valence-corrected chi connectivity index (χ1v) is 7.61. The molecule has 0 aliphatic carbocycles. The SMILES string of the molecule is Cc1cc(C)c(C)c(CCOCCNC(C)(C)C)c1C. The molecule has 114 valence electrons. The van der Waals surface area contributed by atoms with Crippen molar-refractivity contribution >= 4 is 0 Å². The van der Waals surface area contributed by atoms with E-state index in [4.69, 9.17) is 4.74 Å². The van der Waals surface area contributed by atoms with Gasteiger partial charge in [-0.05, 0) is 82.7 Å². The van der Waals surface area contributed by atoms with Gasteiger partial charge in [0.15, 0.2) is 0 Å². The van der Waals surface area contributed by atoms with Crippen LogP contribution in [0.3, 0.4) is 0 Å². The van der Waals surface area contributed by atoms with Crippen molar-refractivity contribution < 1.29 is 4.74 Å². The zero-order valence-corrected chi connectivity index (χ0v) is 14.3. The Hall–Kier alpha value is -0.860. The number of ether oxygens (including phenoxy) is 1. The van der Waals surface area contributed by atoms with Crippen LogP contribution in [0.25, 0.3) is 0 Å². The molecule has 0 aliphatic heterocycles. The van der Waals surface area contributed by atoms with E-state index in [9.17, 15) is 0 Å². The average molecular weight is 277 g/mol. The minimum atomic E-state index is 0.171. The second-order valence-electron chi connectivity index (χ2n) is 6.78. The Kier molecular flexibility index (Phi) is 6.22. The summed E-state index contributed by atoms with van der Waals surface area (Å²) < 4.78 is 5.76. The molecule has 0 spiro atoms. The lowest BCUT2D eigenvalue weighted by Crippen LogP contribution is -2.38. The van der Waals surface area contributed by atoms with Crippen molar-refractivity contribution in [1.29, 1.82) is 0 Å². The van der Waals surface area contributed by atoms with Crippen molar-refractivity contribution in [3.8, 4) is 0 Å². The Balaban J connectivity index is 2.43. The summed E-state index contributed by atoms with van der Waals surface area (Å²) in [5.41, 5.74) is 7.25. The molecule has 1 aromatic carbocycles. The van der Waals surface area contributed by atoms with Gasteiger partial charge in [0, 0.05) is 12.1 Å². The summed E-state index contributed by atoms with van der Waals surface area (Å²) in [5.74, 6) is 0. The summed E-state index contributed by atoms with van der Waals surface area (Å²) in [6.07, 6.45) is 1.01. The third kappa shape index (κ3) is 5.26. The van der Waals surface area contributed by atoms with Crippen LogP contribution in [-0.2, 0) is 11.2 Å². The molecule has 20 heavy (non-hydrogen) atoms. The van der Waals surface area contributed by atoms with Gasteiger partial charge >= 0.3 is 0 Å². The Morgan fingerprint density at radius 2 is 1.50 bits per heavy atom. The zero-order chi connectivity index (χ0) is 15.3. The third-order valence-corrected chi connectivity index (χ3v) is 3.92. The Morgan fingerprint density at radius 1 is 0.950 bits per heavy atom. The summed E-state index contributed by atoms with van der Waals surface area (Å²) in [6, 6.07) is 2.28. The van der Waals surface area contributed by atoms with Crippen molar-refractivity contribution in [1.82, 2.24) is 5.32 Å². The first kappa shape index (κ1) is 17.2. The van der Waals surface area contributed by atoms with E-state index in [1.165, 1.54) is 27.8 Å². The number of rotatable bonds is 6. The topological polar surface area (TPSA) is 21.3 Å². The van der Waals surface area contributed by atoms with Gasteiger partial charge in [0.1, 0.15) is 0 Å². The highest BCUT2D eigenvalue weighted by molar-refractivity contribution is 5.44. The molecule has 0 amide bonds. The highest BCUT2D eigenvalue weighted by Gasteiger charge is 2.09. The van der Waals surface area contributed by atoms with Crippen LogP contribution in [0.2, 0.25) is 0 Å². The first-order chi connectivity index (χ1) is 9.22. The van der Waals surface area contributed by atoms with Gasteiger partial charge in [-0.2, -0.15) is 0 Å². The Bertz CT molecular complexity index is 417. The van der Waals surface area contributed by atoms with Gasteiger partial charge < -0.3 is 10.1 Å². The van der Waals surface area contributed by atoms with E-state index in [1.54, 1.807) is 0 Å². The van der Waals surface area contributed by atoms with Crippen molar-refractivity contribution in [2.75, 3.05) is 19.8 Å². The molecule has 1 N–H and O–H groups in total. The van der Waals surface area contributed by atoms with E-state index in [0.29, 0.717) is 0 Å². The van der Waals surface area contributed by atoms with E-state index in [2.05, 4.69) is 59.8 Å². The van der Waals surface area contributed by atoms with E-state index in [-0.39, 0.29) is 5.54 Å². The van der Waals surface area contributed by atoms with E-state index in [0.717, 1.165) is 26.2 Å². The number of benzene rings is 1. The molecular formula is C18H31NO. The maximum absolute atomic E-state index is 5.76. The molecule has 0 heterocycles. The van der Waals surface area contributed by atoms with Crippen molar-refractivity contribution in [2.45, 2.75) is 60.4 Å². The van der Waals surface area contributed by atoms with Crippen LogP contribution >= 0.6 is 0 Å². The van der Waals surface area contributed by atoms with Gasteiger partial charge in [0.25, 0.3) is 0 Å². The number of nitrogens with one attached hydrogen (secondary N) is 1. The van der Waals surface area contributed by atoms with Gasteiger partial charge in [-0.15, -0.1) is 0 Å². The lowest BCUT2D eigenvalue weighted by Gasteiger charge is -2.20. The molecule has 0 saturated heterocycles. The fourth-order valence-corrected chi connectivity index (χ4v) is 2.45. The Labute approximate surface area is 124 Å². The summed E-state index contributed by atoms with van der Waals surface area (Å²) in [5, 5.41) is 3.44. The lowest BCUT2D eigenvalue weighted by molar-refractivity contribution is 0.133. The molecule has 0 aliphatic rings. The van der Waals surface area contributed by atoms with E-state index >= 15 is 0 Å². The monoisotopic (exact) mass is 277 g/mol.